The summed E-state index contributed by atoms with van der Waals surface area (Å²) in [4.78, 5) is 0. The van der Waals surface area contributed by atoms with Crippen molar-refractivity contribution in [2.45, 2.75) is 31.9 Å². The van der Waals surface area contributed by atoms with Crippen molar-refractivity contribution < 1.29 is 5.11 Å². The molecule has 1 fully saturated rings. The molecule has 2 nitrogen and oxygen atoms in total. The molecule has 2 N–H and O–H groups in total. The molecule has 0 amide bonds. The van der Waals surface area contributed by atoms with Crippen molar-refractivity contribution in [1.29, 1.82) is 0 Å². The van der Waals surface area contributed by atoms with E-state index in [9.17, 15) is 5.11 Å². The second-order valence-electron chi connectivity index (χ2n) is 4.71. The molecule has 0 heterocycles. The normalized spacial score (nSPS) is 24.2. The van der Waals surface area contributed by atoms with Crippen LogP contribution in [0.5, 0.6) is 0 Å². The largest absolute Gasteiger partial charge is 0.393 e. The maximum Gasteiger partial charge on any atom is 0.0543 e. The minimum atomic E-state index is -0.0661. The first-order valence-corrected chi connectivity index (χ1v) is 7.56. The number of nitrogens with one attached hydrogen (secondary N) is 1. The Hall–Kier alpha value is 0.1000. The second kappa shape index (κ2) is 6.32. The van der Waals surface area contributed by atoms with Gasteiger partial charge < -0.3 is 10.4 Å². The summed E-state index contributed by atoms with van der Waals surface area (Å²) in [7, 11) is 0. The van der Waals surface area contributed by atoms with Crippen LogP contribution in [0.1, 0.15) is 24.8 Å². The zero-order valence-corrected chi connectivity index (χ0v) is 12.8. The highest BCUT2D eigenvalue weighted by Crippen LogP contribution is 2.25. The fourth-order valence-electron chi connectivity index (χ4n) is 2.30. The van der Waals surface area contributed by atoms with Crippen molar-refractivity contribution in [2.75, 3.05) is 6.54 Å². The molecule has 17 heavy (non-hydrogen) atoms. The summed E-state index contributed by atoms with van der Waals surface area (Å²) >= 11 is 6.97. The molecule has 0 bridgehead atoms. The third kappa shape index (κ3) is 4.05. The fraction of sp³-hybridized carbons (Fsp3) is 0.538. The number of hydrogen-bond donors (Lipinski definition) is 2. The predicted molar refractivity (Wildman–Crippen MR) is 76.9 cm³/mol. The van der Waals surface area contributed by atoms with Gasteiger partial charge in [0.15, 0.2) is 0 Å². The third-order valence-corrected chi connectivity index (χ3v) is 5.14. The van der Waals surface area contributed by atoms with E-state index in [-0.39, 0.29) is 6.10 Å². The molecule has 0 saturated heterocycles. The van der Waals surface area contributed by atoms with Crippen LogP contribution in [0, 0.1) is 5.92 Å². The Balaban J connectivity index is 1.76. The molecule has 1 aromatic rings. The maximum absolute atomic E-state index is 9.44. The van der Waals surface area contributed by atoms with Gasteiger partial charge in [-0.1, -0.05) is 6.07 Å². The van der Waals surface area contributed by atoms with Gasteiger partial charge in [0.2, 0.25) is 0 Å². The van der Waals surface area contributed by atoms with Crippen LogP contribution in [-0.4, -0.2) is 17.8 Å². The molecule has 1 aliphatic carbocycles. The molecule has 2 unspecified atom stereocenters. The summed E-state index contributed by atoms with van der Waals surface area (Å²) in [6, 6.07) is 6.30. The van der Waals surface area contributed by atoms with Crippen LogP contribution in [0.3, 0.4) is 0 Å². The van der Waals surface area contributed by atoms with Crippen molar-refractivity contribution in [3.63, 3.8) is 0 Å². The van der Waals surface area contributed by atoms with Crippen LogP contribution in [-0.2, 0) is 6.54 Å². The van der Waals surface area contributed by atoms with Crippen molar-refractivity contribution in [3.8, 4) is 0 Å². The van der Waals surface area contributed by atoms with E-state index in [1.54, 1.807) is 0 Å². The van der Waals surface area contributed by atoms with E-state index >= 15 is 0 Å². The van der Waals surface area contributed by atoms with Crippen LogP contribution < -0.4 is 5.32 Å². The molecular formula is C13H17Br2NO. The molecular weight excluding hydrogens is 346 g/mol. The Morgan fingerprint density at radius 3 is 2.71 bits per heavy atom. The zero-order valence-electron chi connectivity index (χ0n) is 9.63. The van der Waals surface area contributed by atoms with E-state index in [0.29, 0.717) is 5.92 Å². The summed E-state index contributed by atoms with van der Waals surface area (Å²) < 4.78 is 2.17. The van der Waals surface area contributed by atoms with Gasteiger partial charge in [0.1, 0.15) is 0 Å². The molecule has 94 valence electrons. The van der Waals surface area contributed by atoms with Gasteiger partial charge in [0, 0.05) is 15.5 Å². The Bertz CT molecular complexity index is 384. The average Bonchev–Trinajstić information content (AvgIpc) is 2.70. The number of hydrogen-bond acceptors (Lipinski definition) is 2. The summed E-state index contributed by atoms with van der Waals surface area (Å²) in [5.41, 5.74) is 1.28. The molecule has 1 aromatic carbocycles. The highest BCUT2D eigenvalue weighted by atomic mass is 79.9. The third-order valence-electron chi connectivity index (χ3n) is 3.26. The standard InChI is InChI=1S/C13H17Br2NO/c14-12-4-2-10(6-13(12)15)8-16-7-9-1-3-11(17)5-9/h2,4,6,9,11,16-17H,1,3,5,7-8H2. The second-order valence-corrected chi connectivity index (χ2v) is 6.42. The molecule has 0 radical (unpaired) electrons. The fourth-order valence-corrected chi connectivity index (χ4v) is 2.98. The lowest BCUT2D eigenvalue weighted by molar-refractivity contribution is 0.177. The summed E-state index contributed by atoms with van der Waals surface area (Å²) in [5, 5.41) is 12.9. The van der Waals surface area contributed by atoms with Crippen LogP contribution in [0.25, 0.3) is 0 Å². The molecule has 0 aliphatic heterocycles. The minimum Gasteiger partial charge on any atom is -0.393 e. The van der Waals surface area contributed by atoms with Crippen LogP contribution in [0.15, 0.2) is 27.1 Å². The number of benzene rings is 1. The van der Waals surface area contributed by atoms with E-state index < -0.39 is 0 Å². The number of aliphatic hydroxyl groups is 1. The summed E-state index contributed by atoms with van der Waals surface area (Å²) in [6.07, 6.45) is 3.01. The summed E-state index contributed by atoms with van der Waals surface area (Å²) in [5.74, 6) is 0.642. The van der Waals surface area contributed by atoms with Gasteiger partial charge in [0.25, 0.3) is 0 Å². The number of rotatable bonds is 4. The first-order chi connectivity index (χ1) is 8.15. The molecule has 4 heteroatoms. The van der Waals surface area contributed by atoms with Crippen molar-refractivity contribution in [1.82, 2.24) is 5.32 Å². The van der Waals surface area contributed by atoms with Gasteiger partial charge in [-0.3, -0.25) is 0 Å². The van der Waals surface area contributed by atoms with Crippen molar-refractivity contribution >= 4 is 31.9 Å². The highest BCUT2D eigenvalue weighted by Gasteiger charge is 2.21. The lowest BCUT2D eigenvalue weighted by atomic mass is 10.1. The van der Waals surface area contributed by atoms with Crippen LogP contribution >= 0.6 is 31.9 Å². The lowest BCUT2D eigenvalue weighted by Gasteiger charge is -2.11. The van der Waals surface area contributed by atoms with Gasteiger partial charge >= 0.3 is 0 Å². The maximum atomic E-state index is 9.44. The van der Waals surface area contributed by atoms with Gasteiger partial charge in [-0.05, 0) is 81.3 Å². The lowest BCUT2D eigenvalue weighted by Crippen LogP contribution is -2.21. The van der Waals surface area contributed by atoms with Gasteiger partial charge in [-0.2, -0.15) is 0 Å². The zero-order chi connectivity index (χ0) is 12.3. The quantitative estimate of drug-likeness (QED) is 0.859. The summed E-state index contributed by atoms with van der Waals surface area (Å²) in [6.45, 7) is 1.89. The first-order valence-electron chi connectivity index (χ1n) is 5.98. The van der Waals surface area contributed by atoms with Gasteiger partial charge in [-0.25, -0.2) is 0 Å². The van der Waals surface area contributed by atoms with E-state index in [1.165, 1.54) is 5.56 Å². The van der Waals surface area contributed by atoms with E-state index in [0.717, 1.165) is 41.3 Å². The van der Waals surface area contributed by atoms with Gasteiger partial charge in [-0.15, -0.1) is 0 Å². The molecule has 1 aliphatic rings. The van der Waals surface area contributed by atoms with Crippen LogP contribution in [0.2, 0.25) is 0 Å². The monoisotopic (exact) mass is 361 g/mol. The Morgan fingerprint density at radius 2 is 2.06 bits per heavy atom. The van der Waals surface area contributed by atoms with E-state index in [2.05, 4.69) is 55.4 Å². The Kier molecular flexibility index (Phi) is 5.03. The van der Waals surface area contributed by atoms with E-state index in [4.69, 9.17) is 0 Å². The SMILES string of the molecule is OC1CCC(CNCc2ccc(Br)c(Br)c2)C1. The Morgan fingerprint density at radius 1 is 1.24 bits per heavy atom. The Labute approximate surface area is 119 Å². The molecule has 2 atom stereocenters. The molecule has 0 aromatic heterocycles. The topological polar surface area (TPSA) is 32.3 Å². The molecule has 1 saturated carbocycles. The molecule has 0 spiro atoms. The number of halogens is 2. The highest BCUT2D eigenvalue weighted by molar-refractivity contribution is 9.13. The first kappa shape index (κ1) is 13.5. The number of aliphatic hydroxyl groups excluding tert-OH is 1. The average molecular weight is 363 g/mol. The van der Waals surface area contributed by atoms with Gasteiger partial charge in [0.05, 0.1) is 6.10 Å². The minimum absolute atomic E-state index is 0.0661. The predicted octanol–water partition coefficient (Wildman–Crippen LogP) is 3.46. The van der Waals surface area contributed by atoms with E-state index in [1.807, 2.05) is 0 Å². The molecule has 2 rings (SSSR count). The van der Waals surface area contributed by atoms with Crippen molar-refractivity contribution in [3.05, 3.63) is 32.7 Å². The van der Waals surface area contributed by atoms with Crippen LogP contribution in [0.4, 0.5) is 0 Å². The van der Waals surface area contributed by atoms with Crippen molar-refractivity contribution in [2.24, 2.45) is 5.92 Å². The smallest absolute Gasteiger partial charge is 0.0543 e.